The number of aromatic nitrogens is 1. The summed E-state index contributed by atoms with van der Waals surface area (Å²) in [4.78, 5) is 40.9. The molecule has 4 heterocycles. The number of fused-ring (bicyclic) bond motifs is 4. The summed E-state index contributed by atoms with van der Waals surface area (Å²) < 4.78 is 5.06. The molecule has 4 atom stereocenters. The Hall–Kier alpha value is -2.38. The van der Waals surface area contributed by atoms with Gasteiger partial charge in [0.25, 0.3) is 5.91 Å². The number of rotatable bonds is 3. The number of carbonyl (C=O) groups excluding carboxylic acids is 3. The fourth-order valence-electron chi connectivity index (χ4n) is 5.08. The fourth-order valence-corrected chi connectivity index (χ4v) is 5.08. The van der Waals surface area contributed by atoms with Crippen LogP contribution in [-0.2, 0) is 9.59 Å². The van der Waals surface area contributed by atoms with Gasteiger partial charge in [0.2, 0.25) is 11.8 Å². The first-order valence-corrected chi connectivity index (χ1v) is 9.72. The van der Waals surface area contributed by atoms with Crippen LogP contribution in [0.25, 0.3) is 0 Å². The van der Waals surface area contributed by atoms with Gasteiger partial charge in [0.15, 0.2) is 5.69 Å². The Bertz CT molecular complexity index is 761. The van der Waals surface area contributed by atoms with Gasteiger partial charge in [-0.1, -0.05) is 5.16 Å². The number of aryl methyl sites for hydroxylation is 1. The number of hydrogen-bond donors (Lipinski definition) is 1. The number of nitrogens with one attached hydrogen (secondary N) is 1. The highest BCUT2D eigenvalue weighted by atomic mass is 16.5. The van der Waals surface area contributed by atoms with E-state index in [2.05, 4.69) is 10.5 Å². The molecule has 8 heteroatoms. The first-order chi connectivity index (χ1) is 12.9. The van der Waals surface area contributed by atoms with Crippen LogP contribution in [0.4, 0.5) is 0 Å². The number of carbonyl (C=O) groups is 3. The normalized spacial score (nSPS) is 30.1. The predicted octanol–water partition coefficient (Wildman–Crippen LogP) is 0.961. The van der Waals surface area contributed by atoms with Crippen molar-refractivity contribution in [1.82, 2.24) is 20.3 Å². The monoisotopic (exact) mass is 374 g/mol. The maximum atomic E-state index is 12.9. The summed E-state index contributed by atoms with van der Waals surface area (Å²) in [5.41, 5.74) is 0.336. The Morgan fingerprint density at radius 1 is 1.33 bits per heavy atom. The van der Waals surface area contributed by atoms with Crippen LogP contribution in [0.1, 0.15) is 48.9 Å². The summed E-state index contributed by atoms with van der Waals surface area (Å²) in [7, 11) is 0. The third-order valence-corrected chi connectivity index (χ3v) is 6.19. The van der Waals surface area contributed by atoms with Gasteiger partial charge < -0.3 is 19.6 Å². The average Bonchev–Trinajstić information content (AvgIpc) is 3.07. The van der Waals surface area contributed by atoms with Crippen LogP contribution in [0.2, 0.25) is 0 Å². The molecule has 0 unspecified atom stereocenters. The number of amides is 3. The quantitative estimate of drug-likeness (QED) is 0.850. The van der Waals surface area contributed by atoms with Crippen molar-refractivity contribution >= 4 is 17.7 Å². The van der Waals surface area contributed by atoms with Gasteiger partial charge in [-0.25, -0.2) is 0 Å². The highest BCUT2D eigenvalue weighted by molar-refractivity contribution is 5.92. The van der Waals surface area contributed by atoms with Crippen LogP contribution in [0, 0.1) is 18.8 Å². The molecule has 8 nitrogen and oxygen atoms in total. The van der Waals surface area contributed by atoms with Gasteiger partial charge in [0.05, 0.1) is 6.04 Å². The Labute approximate surface area is 158 Å². The van der Waals surface area contributed by atoms with E-state index in [1.54, 1.807) is 13.0 Å². The molecule has 3 fully saturated rings. The molecule has 3 aliphatic rings. The van der Waals surface area contributed by atoms with Crippen molar-refractivity contribution in [2.24, 2.45) is 11.8 Å². The summed E-state index contributed by atoms with van der Waals surface area (Å²) in [5.74, 6) is 1.02. The maximum Gasteiger partial charge on any atom is 0.276 e. The van der Waals surface area contributed by atoms with E-state index < -0.39 is 0 Å². The third-order valence-electron chi connectivity index (χ3n) is 6.19. The summed E-state index contributed by atoms with van der Waals surface area (Å²) in [6.07, 6.45) is 3.42. The molecule has 3 saturated heterocycles. The van der Waals surface area contributed by atoms with Gasteiger partial charge in [-0.2, -0.15) is 0 Å². The van der Waals surface area contributed by atoms with Gasteiger partial charge in [0.1, 0.15) is 5.76 Å². The van der Waals surface area contributed by atoms with Crippen molar-refractivity contribution in [2.75, 3.05) is 19.6 Å². The van der Waals surface area contributed by atoms with Gasteiger partial charge in [-0.05, 0) is 38.0 Å². The van der Waals surface area contributed by atoms with Gasteiger partial charge >= 0.3 is 0 Å². The summed E-state index contributed by atoms with van der Waals surface area (Å²) in [5, 5.41) is 6.76. The van der Waals surface area contributed by atoms with Crippen molar-refractivity contribution < 1.29 is 18.9 Å². The summed E-state index contributed by atoms with van der Waals surface area (Å²) in [6.45, 7) is 4.92. The first-order valence-electron chi connectivity index (χ1n) is 9.72. The number of piperidine rings is 3. The van der Waals surface area contributed by atoms with Crippen LogP contribution >= 0.6 is 0 Å². The Balaban J connectivity index is 1.58. The van der Waals surface area contributed by atoms with Crippen molar-refractivity contribution in [3.05, 3.63) is 17.5 Å². The molecule has 3 aliphatic heterocycles. The lowest BCUT2D eigenvalue weighted by molar-refractivity contribution is -0.151. The van der Waals surface area contributed by atoms with Crippen LogP contribution in [-0.4, -0.2) is 64.4 Å². The maximum absolute atomic E-state index is 12.9. The number of nitrogens with zero attached hydrogens (tertiary/aromatic N) is 3. The zero-order valence-corrected chi connectivity index (χ0v) is 15.8. The van der Waals surface area contributed by atoms with Gasteiger partial charge in [0, 0.05) is 45.1 Å². The molecular formula is C19H26N4O4. The molecule has 1 aromatic rings. The fraction of sp³-hybridized carbons (Fsp3) is 0.684. The molecule has 146 valence electrons. The zero-order valence-electron chi connectivity index (χ0n) is 15.8. The second kappa shape index (κ2) is 6.98. The molecule has 0 aliphatic carbocycles. The van der Waals surface area contributed by atoms with E-state index in [9.17, 15) is 14.4 Å². The van der Waals surface area contributed by atoms with E-state index in [-0.39, 0.29) is 41.6 Å². The van der Waals surface area contributed by atoms with Crippen LogP contribution in [0.15, 0.2) is 10.6 Å². The second-order valence-corrected chi connectivity index (χ2v) is 8.05. The zero-order chi connectivity index (χ0) is 19.1. The minimum atomic E-state index is -0.115. The highest BCUT2D eigenvalue weighted by Gasteiger charge is 2.50. The molecule has 1 N–H and O–H groups in total. The van der Waals surface area contributed by atoms with E-state index in [4.69, 9.17) is 4.52 Å². The minimum Gasteiger partial charge on any atom is -0.361 e. The molecule has 4 rings (SSSR count). The summed E-state index contributed by atoms with van der Waals surface area (Å²) in [6, 6.07) is 1.76. The van der Waals surface area contributed by atoms with Gasteiger partial charge in [-0.15, -0.1) is 0 Å². The minimum absolute atomic E-state index is 0.0578. The average molecular weight is 374 g/mol. The number of hydrogen-bond acceptors (Lipinski definition) is 5. The molecular weight excluding hydrogens is 348 g/mol. The van der Waals surface area contributed by atoms with Crippen LogP contribution < -0.4 is 5.32 Å². The molecule has 0 radical (unpaired) electrons. The Morgan fingerprint density at radius 2 is 2.11 bits per heavy atom. The van der Waals surface area contributed by atoms with Crippen LogP contribution in [0.5, 0.6) is 0 Å². The third kappa shape index (κ3) is 3.33. The second-order valence-electron chi connectivity index (χ2n) is 8.05. The molecule has 0 aromatic carbocycles. The summed E-state index contributed by atoms with van der Waals surface area (Å²) >= 11 is 0. The molecule has 2 bridgehead atoms. The lowest BCUT2D eigenvalue weighted by atomic mass is 9.72. The van der Waals surface area contributed by atoms with Crippen molar-refractivity contribution in [1.29, 1.82) is 0 Å². The van der Waals surface area contributed by atoms with Crippen molar-refractivity contribution in [3.8, 4) is 0 Å². The predicted molar refractivity (Wildman–Crippen MR) is 95.7 cm³/mol. The SMILES string of the molecule is CC(=O)NC[C@H]1[C@H]2C[C@H](CN(C(=O)c3cc(C)on3)C2)[C@@H]2CCCC(=O)N21. The molecule has 0 saturated carbocycles. The van der Waals surface area contributed by atoms with Crippen molar-refractivity contribution in [2.45, 2.75) is 51.6 Å². The lowest BCUT2D eigenvalue weighted by Crippen LogP contribution is -2.67. The van der Waals surface area contributed by atoms with E-state index in [1.165, 1.54) is 6.92 Å². The molecule has 3 amide bonds. The smallest absolute Gasteiger partial charge is 0.276 e. The van der Waals surface area contributed by atoms with E-state index in [0.29, 0.717) is 37.5 Å². The topological polar surface area (TPSA) is 95.7 Å². The number of likely N-dealkylation sites (tertiary alicyclic amines) is 1. The standard InChI is InChI=1S/C19H26N4O4/c1-11-6-15(21-27-11)19(26)22-9-13-7-14(10-22)17(8-20-12(2)24)23-16(13)4-3-5-18(23)25/h6,13-14,16-17H,3-5,7-10H2,1-2H3,(H,20,24)/t13-,14+,16+,17+/m1/s1. The van der Waals surface area contributed by atoms with Crippen molar-refractivity contribution in [3.63, 3.8) is 0 Å². The van der Waals surface area contributed by atoms with E-state index in [0.717, 1.165) is 19.3 Å². The largest absolute Gasteiger partial charge is 0.361 e. The van der Waals surface area contributed by atoms with E-state index >= 15 is 0 Å². The highest BCUT2D eigenvalue weighted by Crippen LogP contribution is 2.41. The lowest BCUT2D eigenvalue weighted by Gasteiger charge is -2.56. The molecule has 27 heavy (non-hydrogen) atoms. The molecule has 0 spiro atoms. The Kier molecular flexibility index (Phi) is 4.65. The van der Waals surface area contributed by atoms with Crippen LogP contribution in [0.3, 0.4) is 0 Å². The molecule has 1 aromatic heterocycles. The first kappa shape index (κ1) is 18.0. The van der Waals surface area contributed by atoms with Gasteiger partial charge in [-0.3, -0.25) is 14.4 Å². The Morgan fingerprint density at radius 3 is 2.81 bits per heavy atom. The van der Waals surface area contributed by atoms with E-state index in [1.807, 2.05) is 9.80 Å².